The summed E-state index contributed by atoms with van der Waals surface area (Å²) in [6, 6.07) is 16.9. The standard InChI is InChI=1S/C17H12BrNO3S/c18-13-8-6-12(7-9-13)15-16(17(15,10-19)11-20)23(21,22)14-4-2-1-3-5-14/h1-9,11,15-16H/t15-,16-,17+/m0/s1. The van der Waals surface area contributed by atoms with E-state index in [9.17, 15) is 18.5 Å². The van der Waals surface area contributed by atoms with E-state index in [4.69, 9.17) is 0 Å². The molecule has 1 fully saturated rings. The van der Waals surface area contributed by atoms with Gasteiger partial charge in [-0.05, 0) is 29.8 Å². The maximum Gasteiger partial charge on any atom is 0.183 e. The number of halogens is 1. The Morgan fingerprint density at radius 2 is 1.70 bits per heavy atom. The van der Waals surface area contributed by atoms with Gasteiger partial charge in [-0.3, -0.25) is 0 Å². The minimum atomic E-state index is -3.77. The molecule has 0 aliphatic heterocycles. The fourth-order valence-corrected chi connectivity index (χ4v) is 5.51. The van der Waals surface area contributed by atoms with Crippen LogP contribution in [0.15, 0.2) is 64.0 Å². The lowest BCUT2D eigenvalue weighted by molar-refractivity contribution is -0.110. The lowest BCUT2D eigenvalue weighted by Gasteiger charge is -2.04. The van der Waals surface area contributed by atoms with Gasteiger partial charge in [-0.2, -0.15) is 5.26 Å². The average molecular weight is 390 g/mol. The largest absolute Gasteiger partial charge is 0.302 e. The van der Waals surface area contributed by atoms with Crippen molar-refractivity contribution in [2.24, 2.45) is 5.41 Å². The highest BCUT2D eigenvalue weighted by atomic mass is 79.9. The molecule has 0 heterocycles. The first-order valence-electron chi connectivity index (χ1n) is 6.89. The molecule has 1 aliphatic rings. The zero-order valence-electron chi connectivity index (χ0n) is 11.9. The smallest absolute Gasteiger partial charge is 0.183 e. The number of rotatable bonds is 4. The number of carbonyl (C=O) groups is 1. The normalized spacial score (nSPS) is 26.3. The van der Waals surface area contributed by atoms with Crippen molar-refractivity contribution in [1.29, 1.82) is 5.26 Å². The van der Waals surface area contributed by atoms with E-state index in [2.05, 4.69) is 15.9 Å². The second kappa shape index (κ2) is 5.59. The van der Waals surface area contributed by atoms with Crippen LogP contribution in [0.4, 0.5) is 0 Å². The summed E-state index contributed by atoms with van der Waals surface area (Å²) < 4.78 is 26.6. The first kappa shape index (κ1) is 15.9. The van der Waals surface area contributed by atoms with Crippen LogP contribution < -0.4 is 0 Å². The number of nitrogens with zero attached hydrogens (tertiary/aromatic N) is 1. The predicted octanol–water partition coefficient (Wildman–Crippen LogP) is 3.10. The summed E-state index contributed by atoms with van der Waals surface area (Å²) in [6.07, 6.45) is 0.477. The Morgan fingerprint density at radius 1 is 1.09 bits per heavy atom. The molecule has 6 heteroatoms. The Hall–Kier alpha value is -1.97. The van der Waals surface area contributed by atoms with E-state index in [0.717, 1.165) is 4.47 Å². The van der Waals surface area contributed by atoms with E-state index in [0.29, 0.717) is 11.8 Å². The zero-order valence-corrected chi connectivity index (χ0v) is 14.3. The van der Waals surface area contributed by atoms with Crippen LogP contribution >= 0.6 is 15.9 Å². The van der Waals surface area contributed by atoms with E-state index in [1.54, 1.807) is 42.5 Å². The minimum absolute atomic E-state index is 0.131. The lowest BCUT2D eigenvalue weighted by Crippen LogP contribution is -2.16. The van der Waals surface area contributed by atoms with Crippen molar-refractivity contribution >= 4 is 32.1 Å². The van der Waals surface area contributed by atoms with Gasteiger partial charge in [-0.1, -0.05) is 46.3 Å². The van der Waals surface area contributed by atoms with Crippen LogP contribution in [0, 0.1) is 16.7 Å². The molecule has 1 saturated carbocycles. The van der Waals surface area contributed by atoms with Gasteiger partial charge in [-0.25, -0.2) is 8.42 Å². The second-order valence-corrected chi connectivity index (χ2v) is 8.46. The van der Waals surface area contributed by atoms with E-state index >= 15 is 0 Å². The summed E-state index contributed by atoms with van der Waals surface area (Å²) in [5, 5.41) is 8.41. The van der Waals surface area contributed by atoms with Gasteiger partial charge in [0, 0.05) is 10.4 Å². The van der Waals surface area contributed by atoms with Gasteiger partial charge in [0.25, 0.3) is 0 Å². The van der Waals surface area contributed by atoms with Crippen LogP contribution in [-0.4, -0.2) is 20.0 Å². The predicted molar refractivity (Wildman–Crippen MR) is 88.4 cm³/mol. The molecule has 0 radical (unpaired) electrons. The van der Waals surface area contributed by atoms with Crippen molar-refractivity contribution in [3.63, 3.8) is 0 Å². The number of aldehydes is 1. The summed E-state index contributed by atoms with van der Waals surface area (Å²) in [7, 11) is -3.77. The second-order valence-electron chi connectivity index (χ2n) is 5.47. The molecule has 3 rings (SSSR count). The summed E-state index contributed by atoms with van der Waals surface area (Å²) >= 11 is 3.32. The Bertz CT molecular complexity index is 888. The highest BCUT2D eigenvalue weighted by Gasteiger charge is 2.72. The molecule has 0 spiro atoms. The van der Waals surface area contributed by atoms with Crippen molar-refractivity contribution in [1.82, 2.24) is 0 Å². The maximum atomic E-state index is 12.9. The summed E-state index contributed by atoms with van der Waals surface area (Å²) in [5.41, 5.74) is -0.853. The molecule has 0 unspecified atom stereocenters. The highest BCUT2D eigenvalue weighted by Crippen LogP contribution is 2.62. The fourth-order valence-electron chi connectivity index (χ4n) is 2.99. The number of sulfone groups is 1. The topological polar surface area (TPSA) is 75.0 Å². The molecular weight excluding hydrogens is 378 g/mol. The molecule has 116 valence electrons. The van der Waals surface area contributed by atoms with Gasteiger partial charge in [0.15, 0.2) is 9.84 Å². The minimum Gasteiger partial charge on any atom is -0.302 e. The Balaban J connectivity index is 2.09. The van der Waals surface area contributed by atoms with Crippen LogP contribution in [0.25, 0.3) is 0 Å². The number of nitriles is 1. The molecule has 0 aromatic heterocycles. The van der Waals surface area contributed by atoms with Crippen LogP contribution in [-0.2, 0) is 14.6 Å². The van der Waals surface area contributed by atoms with Gasteiger partial charge < -0.3 is 4.79 Å². The number of carbonyl (C=O) groups excluding carboxylic acids is 1. The van der Waals surface area contributed by atoms with Gasteiger partial charge >= 0.3 is 0 Å². The first-order chi connectivity index (χ1) is 11.0. The van der Waals surface area contributed by atoms with Crippen LogP contribution in [0.1, 0.15) is 11.5 Å². The molecule has 2 aromatic carbocycles. The van der Waals surface area contributed by atoms with E-state index in [-0.39, 0.29) is 4.90 Å². The third-order valence-corrected chi connectivity index (χ3v) is 6.99. The molecule has 23 heavy (non-hydrogen) atoms. The number of hydrogen-bond acceptors (Lipinski definition) is 4. The lowest BCUT2D eigenvalue weighted by atomic mass is 10.0. The van der Waals surface area contributed by atoms with Crippen LogP contribution in [0.5, 0.6) is 0 Å². The van der Waals surface area contributed by atoms with Gasteiger partial charge in [0.1, 0.15) is 17.0 Å². The number of hydrogen-bond donors (Lipinski definition) is 0. The monoisotopic (exact) mass is 389 g/mol. The molecule has 3 atom stereocenters. The van der Waals surface area contributed by atoms with Gasteiger partial charge in [0.05, 0.1) is 11.0 Å². The molecule has 2 aromatic rings. The maximum absolute atomic E-state index is 12.9. The van der Waals surface area contributed by atoms with Gasteiger partial charge in [-0.15, -0.1) is 0 Å². The summed E-state index contributed by atoms with van der Waals surface area (Å²) in [4.78, 5) is 11.7. The third kappa shape index (κ3) is 2.41. The molecule has 0 N–H and O–H groups in total. The molecule has 0 saturated heterocycles. The van der Waals surface area contributed by atoms with Crippen LogP contribution in [0.3, 0.4) is 0 Å². The highest BCUT2D eigenvalue weighted by molar-refractivity contribution is 9.10. The van der Waals surface area contributed by atoms with Crippen molar-refractivity contribution in [3.8, 4) is 6.07 Å². The third-order valence-electron chi connectivity index (χ3n) is 4.20. The molecule has 1 aliphatic carbocycles. The van der Waals surface area contributed by atoms with E-state index < -0.39 is 26.4 Å². The van der Waals surface area contributed by atoms with E-state index in [1.807, 2.05) is 6.07 Å². The molecule has 0 bridgehead atoms. The van der Waals surface area contributed by atoms with Crippen molar-refractivity contribution < 1.29 is 13.2 Å². The van der Waals surface area contributed by atoms with Crippen molar-refractivity contribution in [2.45, 2.75) is 16.1 Å². The Kier molecular flexibility index (Phi) is 3.86. The van der Waals surface area contributed by atoms with E-state index in [1.165, 1.54) is 12.1 Å². The Labute approximate surface area is 142 Å². The quantitative estimate of drug-likeness (QED) is 0.752. The fraction of sp³-hybridized carbons (Fsp3) is 0.176. The molecule has 4 nitrogen and oxygen atoms in total. The SMILES string of the molecule is N#C[C@@]1(C=O)[C@@H](c2ccc(Br)cc2)[C@@H]1S(=O)(=O)c1ccccc1. The summed E-state index contributed by atoms with van der Waals surface area (Å²) in [6.45, 7) is 0. The molecule has 0 amide bonds. The van der Waals surface area contributed by atoms with Gasteiger partial charge in [0.2, 0.25) is 0 Å². The van der Waals surface area contributed by atoms with Crippen molar-refractivity contribution in [2.75, 3.05) is 0 Å². The summed E-state index contributed by atoms with van der Waals surface area (Å²) in [5.74, 6) is -0.650. The first-order valence-corrected chi connectivity index (χ1v) is 9.23. The average Bonchev–Trinajstić information content (AvgIpc) is 3.27. The zero-order chi connectivity index (χ0) is 16.7. The molecular formula is C17H12BrNO3S. The van der Waals surface area contributed by atoms with Crippen LogP contribution in [0.2, 0.25) is 0 Å². The van der Waals surface area contributed by atoms with Crippen molar-refractivity contribution in [3.05, 3.63) is 64.6 Å². The Morgan fingerprint density at radius 3 is 2.22 bits per heavy atom. The number of benzene rings is 2.